The first-order valence-corrected chi connectivity index (χ1v) is 12.8. The molecule has 2 fully saturated rings. The smallest absolute Gasteiger partial charge is 0.411 e. The third-order valence-corrected chi connectivity index (χ3v) is 5.87. The quantitative estimate of drug-likeness (QED) is 0.356. The van der Waals surface area contributed by atoms with Crippen LogP contribution in [-0.4, -0.2) is 110 Å². The van der Waals surface area contributed by atoms with Gasteiger partial charge in [0, 0.05) is 0 Å². The highest BCUT2D eigenvalue weighted by Crippen LogP contribution is 2.29. The second kappa shape index (κ2) is 14.2. The molecule has 0 N–H and O–H groups in total. The molecule has 228 valence electrons. The molecule has 0 aromatic carbocycles. The number of likely N-dealkylation sites (tertiary alicyclic amines) is 2. The van der Waals surface area contributed by atoms with E-state index in [4.69, 9.17) is 9.47 Å². The lowest BCUT2D eigenvalue weighted by Gasteiger charge is -2.30. The van der Waals surface area contributed by atoms with Gasteiger partial charge in [0.2, 0.25) is 0 Å². The Bertz CT molecular complexity index is 828. The minimum atomic E-state index is -0.820. The van der Waals surface area contributed by atoms with Crippen molar-refractivity contribution in [2.24, 2.45) is 0 Å². The van der Waals surface area contributed by atoms with Gasteiger partial charge in [-0.3, -0.25) is 9.80 Å². The van der Waals surface area contributed by atoms with Crippen LogP contribution in [0.2, 0.25) is 0 Å². The van der Waals surface area contributed by atoms with E-state index in [-0.39, 0.29) is 0 Å². The van der Waals surface area contributed by atoms with Crippen LogP contribution in [-0.2, 0) is 47.6 Å². The third-order valence-electron chi connectivity index (χ3n) is 5.87. The molecule has 0 spiro atoms. The third kappa shape index (κ3) is 9.26. The van der Waals surface area contributed by atoms with Gasteiger partial charge in [0.15, 0.2) is 0 Å². The molecule has 2 aliphatic heterocycles. The second-order valence-electron chi connectivity index (χ2n) is 11.1. The Labute approximate surface area is 234 Å². The predicted octanol–water partition coefficient (Wildman–Crippen LogP) is 2.20. The van der Waals surface area contributed by atoms with E-state index in [0.29, 0.717) is 25.7 Å². The van der Waals surface area contributed by atoms with Crippen LogP contribution >= 0.6 is 0 Å². The Morgan fingerprint density at radius 1 is 0.475 bits per heavy atom. The number of carbonyl (C=O) groups is 6. The average Bonchev–Trinajstić information content (AvgIpc) is 3.50. The standard InChI is InChI=1S/2C13H21NO6/c2*1-13(2,3)20-12(17)14-8(10(15)18-4)6-7-9(14)11(16)19-5/h2*8-9H,6-7H2,1-5H3/t2*8-,9+. The summed E-state index contributed by atoms with van der Waals surface area (Å²) in [6.45, 7) is 10.3. The minimum Gasteiger partial charge on any atom is -0.467 e. The van der Waals surface area contributed by atoms with Gasteiger partial charge in [-0.05, 0) is 67.2 Å². The summed E-state index contributed by atoms with van der Waals surface area (Å²) in [5, 5.41) is 0. The van der Waals surface area contributed by atoms with Crippen LogP contribution in [0.5, 0.6) is 0 Å². The zero-order valence-corrected chi connectivity index (χ0v) is 24.9. The lowest BCUT2D eigenvalue weighted by Crippen LogP contribution is -2.50. The van der Waals surface area contributed by atoms with Crippen LogP contribution in [0.25, 0.3) is 0 Å². The molecule has 2 rings (SSSR count). The highest BCUT2D eigenvalue weighted by molar-refractivity contribution is 5.89. The van der Waals surface area contributed by atoms with Crippen molar-refractivity contribution in [2.75, 3.05) is 28.4 Å². The molecule has 0 aliphatic carbocycles. The zero-order chi connectivity index (χ0) is 31.0. The van der Waals surface area contributed by atoms with Crippen molar-refractivity contribution in [3.63, 3.8) is 0 Å². The van der Waals surface area contributed by atoms with Crippen molar-refractivity contribution in [2.45, 2.75) is 103 Å². The van der Waals surface area contributed by atoms with Gasteiger partial charge in [0.05, 0.1) is 28.4 Å². The summed E-state index contributed by atoms with van der Waals surface area (Å²) in [6, 6.07) is -3.28. The molecule has 14 nitrogen and oxygen atoms in total. The molecule has 2 saturated heterocycles. The van der Waals surface area contributed by atoms with Gasteiger partial charge in [-0.15, -0.1) is 0 Å². The molecule has 4 atom stereocenters. The number of rotatable bonds is 4. The summed E-state index contributed by atoms with van der Waals surface area (Å²) < 4.78 is 29.1. The molecule has 0 saturated carbocycles. The van der Waals surface area contributed by atoms with Crippen LogP contribution in [0.15, 0.2) is 0 Å². The summed E-state index contributed by atoms with van der Waals surface area (Å²) in [7, 11) is 4.95. The van der Waals surface area contributed by atoms with Gasteiger partial charge >= 0.3 is 36.1 Å². The number of methoxy groups -OCH3 is 4. The van der Waals surface area contributed by atoms with Gasteiger partial charge < -0.3 is 28.4 Å². The molecular formula is C26H42N2O12. The molecule has 40 heavy (non-hydrogen) atoms. The molecule has 2 aliphatic rings. The molecule has 14 heteroatoms. The molecule has 0 aromatic rings. The van der Waals surface area contributed by atoms with E-state index >= 15 is 0 Å². The van der Waals surface area contributed by atoms with Crippen LogP contribution in [0.4, 0.5) is 9.59 Å². The molecule has 0 unspecified atom stereocenters. The van der Waals surface area contributed by atoms with Gasteiger partial charge in [-0.1, -0.05) is 0 Å². The maximum atomic E-state index is 12.2. The molecule has 0 aromatic heterocycles. The first kappa shape index (κ1) is 34.4. The molecule has 2 amide bonds. The Morgan fingerprint density at radius 2 is 0.675 bits per heavy atom. The fourth-order valence-electron chi connectivity index (χ4n) is 4.23. The van der Waals surface area contributed by atoms with Crippen molar-refractivity contribution < 1.29 is 57.2 Å². The van der Waals surface area contributed by atoms with Crippen molar-refractivity contribution >= 4 is 36.1 Å². The number of esters is 4. The van der Waals surface area contributed by atoms with E-state index in [1.165, 1.54) is 28.4 Å². The van der Waals surface area contributed by atoms with Crippen LogP contribution < -0.4 is 0 Å². The fourth-order valence-corrected chi connectivity index (χ4v) is 4.23. The monoisotopic (exact) mass is 574 g/mol. The maximum Gasteiger partial charge on any atom is 0.411 e. The van der Waals surface area contributed by atoms with Crippen molar-refractivity contribution in [1.29, 1.82) is 0 Å². The maximum absolute atomic E-state index is 12.2. The largest absolute Gasteiger partial charge is 0.467 e. The van der Waals surface area contributed by atoms with Gasteiger partial charge in [0.25, 0.3) is 0 Å². The van der Waals surface area contributed by atoms with Crippen LogP contribution in [0, 0.1) is 0 Å². The Balaban J connectivity index is 0.000000400. The van der Waals surface area contributed by atoms with E-state index in [2.05, 4.69) is 18.9 Å². The first-order chi connectivity index (χ1) is 18.4. The highest BCUT2D eigenvalue weighted by atomic mass is 16.6. The average molecular weight is 575 g/mol. The number of carbonyl (C=O) groups excluding carboxylic acids is 6. The SMILES string of the molecule is COC(=O)[C@H]1CC[C@@H](C(=O)OC)N1C(=O)OC(C)(C)C.COC(=O)[C@H]1CC[C@@H](C(=O)OC)N1C(=O)OC(C)(C)C. The lowest BCUT2D eigenvalue weighted by atomic mass is 10.2. The number of amides is 2. The van der Waals surface area contributed by atoms with E-state index < -0.39 is 71.4 Å². The normalized spacial score (nSPS) is 22.4. The first-order valence-electron chi connectivity index (χ1n) is 12.8. The topological polar surface area (TPSA) is 164 Å². The summed E-state index contributed by atoms with van der Waals surface area (Å²) in [5.74, 6) is -2.27. The highest BCUT2D eigenvalue weighted by Gasteiger charge is 2.48. The van der Waals surface area contributed by atoms with E-state index in [0.717, 1.165) is 9.80 Å². The van der Waals surface area contributed by atoms with Gasteiger partial charge in [-0.25, -0.2) is 28.8 Å². The number of hydrogen-bond donors (Lipinski definition) is 0. The minimum absolute atomic E-state index is 0.339. The van der Waals surface area contributed by atoms with Crippen LogP contribution in [0.3, 0.4) is 0 Å². The Hall–Kier alpha value is -3.58. The van der Waals surface area contributed by atoms with E-state index in [1.807, 2.05) is 0 Å². The Morgan fingerprint density at radius 3 is 0.825 bits per heavy atom. The lowest BCUT2D eigenvalue weighted by molar-refractivity contribution is -0.151. The van der Waals surface area contributed by atoms with Crippen LogP contribution in [0.1, 0.15) is 67.2 Å². The van der Waals surface area contributed by atoms with Crippen molar-refractivity contribution in [1.82, 2.24) is 9.80 Å². The summed E-state index contributed by atoms with van der Waals surface area (Å²) in [4.78, 5) is 73.6. The van der Waals surface area contributed by atoms with Crippen molar-refractivity contribution in [3.8, 4) is 0 Å². The summed E-state index contributed by atoms with van der Waals surface area (Å²) in [6.07, 6.45) is -0.0871. The zero-order valence-electron chi connectivity index (χ0n) is 24.9. The Kier molecular flexibility index (Phi) is 12.2. The van der Waals surface area contributed by atoms with Gasteiger partial charge in [0.1, 0.15) is 35.4 Å². The molecule has 0 bridgehead atoms. The van der Waals surface area contributed by atoms with E-state index in [1.54, 1.807) is 41.5 Å². The number of ether oxygens (including phenoxy) is 6. The fraction of sp³-hybridized carbons (Fsp3) is 0.769. The predicted molar refractivity (Wildman–Crippen MR) is 138 cm³/mol. The second-order valence-corrected chi connectivity index (χ2v) is 11.1. The van der Waals surface area contributed by atoms with Crippen molar-refractivity contribution in [3.05, 3.63) is 0 Å². The summed E-state index contributed by atoms with van der Waals surface area (Å²) in [5.41, 5.74) is -1.44. The molecular weight excluding hydrogens is 532 g/mol. The number of nitrogens with zero attached hydrogens (tertiary/aromatic N) is 2. The van der Waals surface area contributed by atoms with Gasteiger partial charge in [-0.2, -0.15) is 0 Å². The molecule has 2 heterocycles. The molecule has 0 radical (unpaired) electrons. The van der Waals surface area contributed by atoms with E-state index in [9.17, 15) is 28.8 Å². The number of hydrogen-bond acceptors (Lipinski definition) is 12. The summed E-state index contributed by atoms with van der Waals surface area (Å²) >= 11 is 0.